The highest BCUT2D eigenvalue weighted by Gasteiger charge is 2.10. The van der Waals surface area contributed by atoms with E-state index in [9.17, 15) is 0 Å². The zero-order valence-electron chi connectivity index (χ0n) is 6.72. The molecule has 0 aliphatic heterocycles. The molecule has 0 aliphatic rings. The summed E-state index contributed by atoms with van der Waals surface area (Å²) in [5, 5.41) is 7.53. The zero-order chi connectivity index (χ0) is 8.55. The maximum atomic E-state index is 4.91. The molecule has 0 aromatic carbocycles. The van der Waals surface area contributed by atoms with Crippen LogP contribution < -0.4 is 0 Å². The van der Waals surface area contributed by atoms with Gasteiger partial charge in [0.15, 0.2) is 5.82 Å². The Morgan fingerprint density at radius 1 is 1.50 bits per heavy atom. The molecule has 0 aliphatic carbocycles. The minimum absolute atomic E-state index is 0.396. The summed E-state index contributed by atoms with van der Waals surface area (Å²) in [5.74, 6) is 1.57. The molecule has 0 bridgehead atoms. The van der Waals surface area contributed by atoms with Crippen molar-refractivity contribution in [3.8, 4) is 11.7 Å². The standard InChI is InChI=1S/C6H7N5O/c1-4-9-6(12-10-4)5-7-3-8-11(5)2/h3H,1-2H3. The highest BCUT2D eigenvalue weighted by atomic mass is 16.5. The smallest absolute Gasteiger partial charge is 0.295 e. The second-order valence-corrected chi connectivity index (χ2v) is 2.35. The molecule has 62 valence electrons. The summed E-state index contributed by atoms with van der Waals surface area (Å²) in [5.41, 5.74) is 0. The fourth-order valence-corrected chi connectivity index (χ4v) is 0.878. The first kappa shape index (κ1) is 6.96. The van der Waals surface area contributed by atoms with E-state index in [1.807, 2.05) is 0 Å². The van der Waals surface area contributed by atoms with E-state index < -0.39 is 0 Å². The van der Waals surface area contributed by atoms with Crippen molar-refractivity contribution >= 4 is 0 Å². The number of nitrogens with zero attached hydrogens (tertiary/aromatic N) is 5. The van der Waals surface area contributed by atoms with E-state index in [-0.39, 0.29) is 0 Å². The summed E-state index contributed by atoms with van der Waals surface area (Å²) in [6.07, 6.45) is 1.44. The van der Waals surface area contributed by atoms with Crippen LogP contribution >= 0.6 is 0 Å². The SMILES string of the molecule is Cc1noc(-c2ncnn2C)n1. The minimum Gasteiger partial charge on any atom is -0.330 e. The van der Waals surface area contributed by atoms with E-state index in [0.717, 1.165) is 0 Å². The number of hydrogen-bond acceptors (Lipinski definition) is 5. The highest BCUT2D eigenvalue weighted by Crippen LogP contribution is 2.11. The average molecular weight is 165 g/mol. The Morgan fingerprint density at radius 2 is 2.33 bits per heavy atom. The van der Waals surface area contributed by atoms with Crippen molar-refractivity contribution in [1.29, 1.82) is 0 Å². The lowest BCUT2D eigenvalue weighted by Gasteiger charge is -1.89. The zero-order valence-corrected chi connectivity index (χ0v) is 6.72. The summed E-state index contributed by atoms with van der Waals surface area (Å²) >= 11 is 0. The number of aromatic nitrogens is 5. The fourth-order valence-electron chi connectivity index (χ4n) is 0.878. The van der Waals surface area contributed by atoms with Crippen LogP contribution in [0.1, 0.15) is 5.82 Å². The Bertz CT molecular complexity index is 390. The summed E-state index contributed by atoms with van der Waals surface area (Å²) in [4.78, 5) is 7.97. The van der Waals surface area contributed by atoms with Gasteiger partial charge in [-0.3, -0.25) is 0 Å². The summed E-state index contributed by atoms with van der Waals surface area (Å²) in [6, 6.07) is 0. The first-order chi connectivity index (χ1) is 5.77. The molecule has 0 radical (unpaired) electrons. The Balaban J connectivity index is 2.50. The largest absolute Gasteiger partial charge is 0.330 e. The molecule has 0 N–H and O–H groups in total. The molecule has 0 saturated heterocycles. The van der Waals surface area contributed by atoms with E-state index in [1.165, 1.54) is 6.33 Å². The van der Waals surface area contributed by atoms with Crippen LogP contribution in [0.3, 0.4) is 0 Å². The van der Waals surface area contributed by atoms with Gasteiger partial charge >= 0.3 is 0 Å². The van der Waals surface area contributed by atoms with Crippen molar-refractivity contribution in [1.82, 2.24) is 24.9 Å². The van der Waals surface area contributed by atoms with Crippen LogP contribution in [0.5, 0.6) is 0 Å². The van der Waals surface area contributed by atoms with Gasteiger partial charge in [0, 0.05) is 7.05 Å². The maximum Gasteiger partial charge on any atom is 0.295 e. The molecule has 6 heteroatoms. The van der Waals surface area contributed by atoms with Gasteiger partial charge in [-0.25, -0.2) is 9.67 Å². The van der Waals surface area contributed by atoms with Gasteiger partial charge in [0.25, 0.3) is 5.89 Å². The first-order valence-corrected chi connectivity index (χ1v) is 3.42. The molecule has 2 aromatic heterocycles. The Morgan fingerprint density at radius 3 is 2.83 bits per heavy atom. The highest BCUT2D eigenvalue weighted by molar-refractivity contribution is 5.38. The van der Waals surface area contributed by atoms with Gasteiger partial charge in [0.05, 0.1) is 0 Å². The fraction of sp³-hybridized carbons (Fsp3) is 0.333. The normalized spacial score (nSPS) is 10.5. The predicted octanol–water partition coefficient (Wildman–Crippen LogP) is 0.174. The predicted molar refractivity (Wildman–Crippen MR) is 39.0 cm³/mol. The lowest BCUT2D eigenvalue weighted by molar-refractivity contribution is 0.421. The third-order valence-corrected chi connectivity index (χ3v) is 1.43. The van der Waals surface area contributed by atoms with E-state index in [0.29, 0.717) is 17.5 Å². The lowest BCUT2D eigenvalue weighted by Crippen LogP contribution is -1.94. The van der Waals surface area contributed by atoms with Crippen LogP contribution in [0, 0.1) is 6.92 Å². The molecule has 2 aromatic rings. The van der Waals surface area contributed by atoms with Gasteiger partial charge in [-0.2, -0.15) is 10.1 Å². The molecule has 2 rings (SSSR count). The molecule has 12 heavy (non-hydrogen) atoms. The van der Waals surface area contributed by atoms with E-state index in [1.54, 1.807) is 18.7 Å². The third-order valence-electron chi connectivity index (χ3n) is 1.43. The second kappa shape index (κ2) is 2.40. The number of aryl methyl sites for hydroxylation is 2. The molecule has 0 unspecified atom stereocenters. The monoisotopic (exact) mass is 165 g/mol. The molecular weight excluding hydrogens is 158 g/mol. The van der Waals surface area contributed by atoms with Gasteiger partial charge in [0.2, 0.25) is 5.82 Å². The molecule has 0 saturated carbocycles. The van der Waals surface area contributed by atoms with Crippen molar-refractivity contribution in [3.05, 3.63) is 12.2 Å². The van der Waals surface area contributed by atoms with Gasteiger partial charge in [0.1, 0.15) is 6.33 Å². The van der Waals surface area contributed by atoms with Crippen LogP contribution in [0.15, 0.2) is 10.9 Å². The number of rotatable bonds is 1. The van der Waals surface area contributed by atoms with Crippen molar-refractivity contribution < 1.29 is 4.52 Å². The van der Waals surface area contributed by atoms with Gasteiger partial charge in [-0.15, -0.1) is 0 Å². The molecule has 0 fully saturated rings. The van der Waals surface area contributed by atoms with Crippen LogP contribution in [0.2, 0.25) is 0 Å². The van der Waals surface area contributed by atoms with E-state index in [4.69, 9.17) is 4.52 Å². The molecule has 0 spiro atoms. The lowest BCUT2D eigenvalue weighted by atomic mass is 10.6. The van der Waals surface area contributed by atoms with Crippen LogP contribution in [-0.4, -0.2) is 24.9 Å². The topological polar surface area (TPSA) is 69.6 Å². The van der Waals surface area contributed by atoms with Gasteiger partial charge in [-0.05, 0) is 6.92 Å². The summed E-state index contributed by atoms with van der Waals surface area (Å²) < 4.78 is 6.48. The van der Waals surface area contributed by atoms with Gasteiger partial charge < -0.3 is 4.52 Å². The molecule has 2 heterocycles. The third kappa shape index (κ3) is 0.969. The second-order valence-electron chi connectivity index (χ2n) is 2.35. The molecule has 0 amide bonds. The number of hydrogen-bond donors (Lipinski definition) is 0. The quantitative estimate of drug-likeness (QED) is 0.602. The molecule has 0 atom stereocenters. The van der Waals surface area contributed by atoms with E-state index >= 15 is 0 Å². The van der Waals surface area contributed by atoms with Crippen molar-refractivity contribution in [2.75, 3.05) is 0 Å². The van der Waals surface area contributed by atoms with Crippen LogP contribution in [-0.2, 0) is 7.05 Å². The Hall–Kier alpha value is -1.72. The van der Waals surface area contributed by atoms with Crippen molar-refractivity contribution in [3.63, 3.8) is 0 Å². The summed E-state index contributed by atoms with van der Waals surface area (Å²) in [7, 11) is 1.77. The van der Waals surface area contributed by atoms with E-state index in [2.05, 4.69) is 20.2 Å². The van der Waals surface area contributed by atoms with Crippen LogP contribution in [0.25, 0.3) is 11.7 Å². The van der Waals surface area contributed by atoms with Crippen LogP contribution in [0.4, 0.5) is 0 Å². The Kier molecular flexibility index (Phi) is 1.39. The molecular formula is C6H7N5O. The van der Waals surface area contributed by atoms with Gasteiger partial charge in [-0.1, -0.05) is 5.16 Å². The molecule has 6 nitrogen and oxygen atoms in total. The Labute approximate surface area is 68.2 Å². The average Bonchev–Trinajstić information content (AvgIpc) is 2.58. The summed E-state index contributed by atoms with van der Waals surface area (Å²) in [6.45, 7) is 1.75. The van der Waals surface area contributed by atoms with Crippen molar-refractivity contribution in [2.24, 2.45) is 7.05 Å². The first-order valence-electron chi connectivity index (χ1n) is 3.42. The van der Waals surface area contributed by atoms with Crippen molar-refractivity contribution in [2.45, 2.75) is 6.92 Å². The maximum absolute atomic E-state index is 4.91. The minimum atomic E-state index is 0.396.